The Morgan fingerprint density at radius 2 is 1.87 bits per heavy atom. The van der Waals surface area contributed by atoms with Crippen LogP contribution >= 0.6 is 0 Å². The number of hydrogen-bond acceptors (Lipinski definition) is 6. The van der Waals surface area contributed by atoms with E-state index in [0.717, 1.165) is 5.52 Å². The van der Waals surface area contributed by atoms with Gasteiger partial charge in [-0.2, -0.15) is 0 Å². The highest BCUT2D eigenvalue weighted by Gasteiger charge is 2.22. The van der Waals surface area contributed by atoms with E-state index in [1.54, 1.807) is 13.0 Å². The molecule has 0 aliphatic rings. The average molecular weight is 337 g/mol. The number of rotatable bonds is 7. The van der Waals surface area contributed by atoms with E-state index in [4.69, 9.17) is 0 Å². The Hall–Kier alpha value is -2.22. The third kappa shape index (κ3) is 4.38. The highest BCUT2D eigenvalue weighted by atomic mass is 32.2. The van der Waals surface area contributed by atoms with Crippen molar-refractivity contribution in [2.45, 2.75) is 26.3 Å². The number of carboxylic acids is 1. The molecule has 2 rings (SSSR count). The van der Waals surface area contributed by atoms with Gasteiger partial charge in [0.1, 0.15) is 21.7 Å². The first-order chi connectivity index (χ1) is 10.8. The number of carboxylic acid groups (broad SMARTS) is 1. The number of sulfone groups is 1. The average Bonchev–Trinajstić information content (AvgIpc) is 2.51. The fourth-order valence-electron chi connectivity index (χ4n) is 2.09. The van der Waals surface area contributed by atoms with Gasteiger partial charge >= 0.3 is 5.97 Å². The molecule has 2 N–H and O–H groups in total. The lowest BCUT2D eigenvalue weighted by molar-refractivity contribution is -0.137. The largest absolute Gasteiger partial charge is 0.480 e. The number of nitrogens with zero attached hydrogens (tertiary/aromatic N) is 2. The van der Waals surface area contributed by atoms with Crippen molar-refractivity contribution in [3.63, 3.8) is 0 Å². The van der Waals surface area contributed by atoms with E-state index in [2.05, 4.69) is 15.3 Å². The molecule has 0 aliphatic heterocycles. The molecule has 2 aromatic rings. The van der Waals surface area contributed by atoms with Crippen LogP contribution in [0.1, 0.15) is 19.0 Å². The number of anilines is 1. The Morgan fingerprint density at radius 1 is 1.26 bits per heavy atom. The van der Waals surface area contributed by atoms with E-state index < -0.39 is 21.8 Å². The second kappa shape index (κ2) is 6.91. The Balaban J connectivity index is 2.23. The molecule has 0 spiro atoms. The molecule has 7 nitrogen and oxygen atoms in total. The molecule has 8 heteroatoms. The topological polar surface area (TPSA) is 109 Å². The number of aryl methyl sites for hydroxylation is 1. The maximum Gasteiger partial charge on any atom is 0.326 e. The highest BCUT2D eigenvalue weighted by Crippen LogP contribution is 2.17. The van der Waals surface area contributed by atoms with Crippen molar-refractivity contribution in [2.75, 3.05) is 16.8 Å². The van der Waals surface area contributed by atoms with Crippen LogP contribution in [0.5, 0.6) is 0 Å². The summed E-state index contributed by atoms with van der Waals surface area (Å²) in [6, 6.07) is 6.23. The number of nitrogens with one attached hydrogen (secondary N) is 1. The number of aliphatic carboxylic acids is 1. The Kier molecular flexibility index (Phi) is 5.15. The van der Waals surface area contributed by atoms with Crippen molar-refractivity contribution in [3.05, 3.63) is 30.0 Å². The molecule has 1 aromatic heterocycles. The number of hydrogen-bond donors (Lipinski definition) is 2. The summed E-state index contributed by atoms with van der Waals surface area (Å²) < 4.78 is 23.1. The highest BCUT2D eigenvalue weighted by molar-refractivity contribution is 7.91. The van der Waals surface area contributed by atoms with Crippen molar-refractivity contribution in [3.8, 4) is 0 Å². The summed E-state index contributed by atoms with van der Waals surface area (Å²) in [6.07, 6.45) is -0.0283. The molecule has 124 valence electrons. The van der Waals surface area contributed by atoms with Crippen LogP contribution in [0.3, 0.4) is 0 Å². The van der Waals surface area contributed by atoms with Gasteiger partial charge in [-0.05, 0) is 25.5 Å². The van der Waals surface area contributed by atoms with E-state index in [1.165, 1.54) is 6.92 Å². The molecule has 0 amide bonds. The van der Waals surface area contributed by atoms with Gasteiger partial charge < -0.3 is 10.4 Å². The minimum atomic E-state index is -3.22. The maximum atomic E-state index is 11.6. The molecule has 1 heterocycles. The number of carbonyl (C=O) groups is 1. The predicted octanol–water partition coefficient (Wildman–Crippen LogP) is 1.63. The van der Waals surface area contributed by atoms with E-state index in [0.29, 0.717) is 17.0 Å². The van der Waals surface area contributed by atoms with Crippen molar-refractivity contribution in [1.82, 2.24) is 9.97 Å². The lowest BCUT2D eigenvalue weighted by Crippen LogP contribution is -2.32. The molecule has 0 saturated carbocycles. The van der Waals surface area contributed by atoms with Crippen molar-refractivity contribution in [2.24, 2.45) is 0 Å². The van der Waals surface area contributed by atoms with E-state index in [-0.39, 0.29) is 17.9 Å². The van der Waals surface area contributed by atoms with E-state index >= 15 is 0 Å². The van der Waals surface area contributed by atoms with Gasteiger partial charge in [0, 0.05) is 5.75 Å². The second-order valence-electron chi connectivity index (χ2n) is 5.21. The molecule has 0 radical (unpaired) electrons. The zero-order valence-corrected chi connectivity index (χ0v) is 13.8. The molecule has 0 aliphatic carbocycles. The summed E-state index contributed by atoms with van der Waals surface area (Å²) in [5, 5.41) is 12.1. The molecular weight excluding hydrogens is 318 g/mol. The van der Waals surface area contributed by atoms with Gasteiger partial charge in [-0.1, -0.05) is 19.1 Å². The zero-order chi connectivity index (χ0) is 17.0. The van der Waals surface area contributed by atoms with Crippen LogP contribution in [0.15, 0.2) is 24.3 Å². The molecule has 0 bridgehead atoms. The summed E-state index contributed by atoms with van der Waals surface area (Å²) in [4.78, 5) is 20.1. The summed E-state index contributed by atoms with van der Waals surface area (Å²) in [6.45, 7) is 3.26. The second-order valence-corrected chi connectivity index (χ2v) is 7.68. The van der Waals surface area contributed by atoms with Gasteiger partial charge in [-0.25, -0.2) is 23.2 Å². The number of para-hydroxylation sites is 2. The first-order valence-corrected chi connectivity index (χ1v) is 9.07. The van der Waals surface area contributed by atoms with Gasteiger partial charge in [-0.15, -0.1) is 0 Å². The minimum absolute atomic E-state index is 0.00581. The third-order valence-corrected chi connectivity index (χ3v) is 5.25. The summed E-state index contributed by atoms with van der Waals surface area (Å²) in [7, 11) is -3.22. The van der Waals surface area contributed by atoms with Gasteiger partial charge in [0.2, 0.25) is 0 Å². The third-order valence-electron chi connectivity index (χ3n) is 3.51. The van der Waals surface area contributed by atoms with Crippen LogP contribution in [-0.4, -0.2) is 47.0 Å². The number of aromatic nitrogens is 2. The molecule has 23 heavy (non-hydrogen) atoms. The lowest BCUT2D eigenvalue weighted by atomic mass is 10.2. The van der Waals surface area contributed by atoms with Gasteiger partial charge in [-0.3, -0.25) is 0 Å². The summed E-state index contributed by atoms with van der Waals surface area (Å²) >= 11 is 0. The maximum absolute atomic E-state index is 11.6. The van der Waals surface area contributed by atoms with Crippen LogP contribution in [-0.2, 0) is 14.6 Å². The molecular formula is C15H19N3O4S. The van der Waals surface area contributed by atoms with Crippen LogP contribution in [0, 0.1) is 6.92 Å². The van der Waals surface area contributed by atoms with Crippen LogP contribution in [0.2, 0.25) is 0 Å². The first-order valence-electron chi connectivity index (χ1n) is 7.25. The monoisotopic (exact) mass is 337 g/mol. The zero-order valence-electron chi connectivity index (χ0n) is 13.0. The van der Waals surface area contributed by atoms with Gasteiger partial charge in [0.15, 0.2) is 0 Å². The van der Waals surface area contributed by atoms with Crippen molar-refractivity contribution >= 4 is 32.7 Å². The van der Waals surface area contributed by atoms with Gasteiger partial charge in [0.25, 0.3) is 0 Å². The SMILES string of the molecule is CCS(=O)(=O)CCC(Nc1nc2ccccc2nc1C)C(=O)O. The fraction of sp³-hybridized carbons (Fsp3) is 0.400. The molecule has 1 unspecified atom stereocenters. The van der Waals surface area contributed by atoms with Crippen molar-refractivity contribution in [1.29, 1.82) is 0 Å². The minimum Gasteiger partial charge on any atom is -0.480 e. The first kappa shape index (κ1) is 17.1. The summed E-state index contributed by atoms with van der Waals surface area (Å²) in [5.41, 5.74) is 1.93. The molecule has 0 fully saturated rings. The molecule has 0 saturated heterocycles. The Bertz CT molecular complexity index is 821. The lowest BCUT2D eigenvalue weighted by Gasteiger charge is -2.16. The van der Waals surface area contributed by atoms with Crippen molar-refractivity contribution < 1.29 is 18.3 Å². The van der Waals surface area contributed by atoms with Crippen LogP contribution in [0.4, 0.5) is 5.82 Å². The van der Waals surface area contributed by atoms with E-state index in [1.807, 2.05) is 18.2 Å². The van der Waals surface area contributed by atoms with E-state index in [9.17, 15) is 18.3 Å². The molecule has 1 aromatic carbocycles. The Labute approximate surface area is 134 Å². The predicted molar refractivity (Wildman–Crippen MR) is 88.3 cm³/mol. The Morgan fingerprint density at radius 3 is 2.43 bits per heavy atom. The summed E-state index contributed by atoms with van der Waals surface area (Å²) in [5.74, 6) is -0.961. The number of fused-ring (bicyclic) bond motifs is 1. The normalized spacial score (nSPS) is 13.0. The molecule has 1 atom stereocenters. The smallest absolute Gasteiger partial charge is 0.326 e. The van der Waals surface area contributed by atoms with Crippen LogP contribution in [0.25, 0.3) is 11.0 Å². The van der Waals surface area contributed by atoms with Crippen LogP contribution < -0.4 is 5.32 Å². The number of benzene rings is 1. The quantitative estimate of drug-likeness (QED) is 0.790. The fourth-order valence-corrected chi connectivity index (χ4v) is 2.97. The van der Waals surface area contributed by atoms with Gasteiger partial charge in [0.05, 0.1) is 22.5 Å². The standard InChI is InChI=1S/C15H19N3O4S/c1-3-23(21,22)9-8-13(15(19)20)18-14-10(2)16-11-6-4-5-7-12(11)17-14/h4-7,13H,3,8-9H2,1-2H3,(H,17,18)(H,19,20).